The number of carbonyl (C=O) groups is 2. The van der Waals surface area contributed by atoms with E-state index in [9.17, 15) is 9.59 Å². The van der Waals surface area contributed by atoms with Crippen LogP contribution in [0.3, 0.4) is 0 Å². The minimum Gasteiger partial charge on any atom is -0.432 e. The van der Waals surface area contributed by atoms with Crippen molar-refractivity contribution in [2.75, 3.05) is 0 Å². The number of unbranched alkanes of at least 4 members (excludes halogenated alkanes) is 28. The summed E-state index contributed by atoms with van der Waals surface area (Å²) in [4.78, 5) is 23.5. The molecule has 0 bridgehead atoms. The van der Waals surface area contributed by atoms with Gasteiger partial charge in [-0.1, -0.05) is 181 Å². The Morgan fingerprint density at radius 3 is 0.841 bits per heavy atom. The molecule has 0 spiro atoms. The van der Waals surface area contributed by atoms with Gasteiger partial charge < -0.3 is 9.47 Å². The van der Waals surface area contributed by atoms with Crippen molar-refractivity contribution < 1.29 is 19.1 Å². The summed E-state index contributed by atoms with van der Waals surface area (Å²) in [6, 6.07) is 0. The second-order valence-electron chi connectivity index (χ2n) is 12.7. The van der Waals surface area contributed by atoms with E-state index in [4.69, 9.17) is 9.47 Å². The average molecular weight is 617 g/mol. The summed E-state index contributed by atoms with van der Waals surface area (Å²) in [6.45, 7) is 4.55. The van der Waals surface area contributed by atoms with Crippen molar-refractivity contribution >= 4 is 11.9 Å². The van der Waals surface area contributed by atoms with E-state index in [0.29, 0.717) is 0 Å². The normalized spacial score (nSPS) is 11.8. The van der Waals surface area contributed by atoms with Crippen LogP contribution in [-0.4, -0.2) is 11.9 Å². The molecule has 0 aromatic heterocycles. The first-order valence-corrected chi connectivity index (χ1v) is 19.1. The van der Waals surface area contributed by atoms with Gasteiger partial charge in [0.05, 0.1) is 12.5 Å². The first-order chi connectivity index (χ1) is 21.7. The lowest BCUT2D eigenvalue weighted by atomic mass is 10.0. The van der Waals surface area contributed by atoms with Crippen molar-refractivity contribution in [2.24, 2.45) is 0 Å². The number of hydrogen-bond donors (Lipinski definition) is 0. The lowest BCUT2D eigenvalue weighted by Crippen LogP contribution is -1.98. The molecule has 0 aliphatic heterocycles. The molecule has 0 aromatic rings. The largest absolute Gasteiger partial charge is 0.432 e. The average Bonchev–Trinajstić information content (AvgIpc) is 3.03. The van der Waals surface area contributed by atoms with Gasteiger partial charge >= 0.3 is 11.9 Å². The van der Waals surface area contributed by atoms with E-state index in [2.05, 4.69) is 13.8 Å². The molecule has 0 saturated carbocycles. The van der Waals surface area contributed by atoms with E-state index < -0.39 is 11.9 Å². The highest BCUT2D eigenvalue weighted by atomic mass is 16.5. The lowest BCUT2D eigenvalue weighted by molar-refractivity contribution is -0.135. The summed E-state index contributed by atoms with van der Waals surface area (Å²) in [7, 11) is 0. The zero-order chi connectivity index (χ0) is 32.0. The highest BCUT2D eigenvalue weighted by Crippen LogP contribution is 2.15. The Bertz CT molecular complexity index is 635. The smallest absolute Gasteiger partial charge is 0.335 e. The highest BCUT2D eigenvalue weighted by Gasteiger charge is 1.99. The summed E-state index contributed by atoms with van der Waals surface area (Å²) in [5, 5.41) is 0. The van der Waals surface area contributed by atoms with Gasteiger partial charge in [-0.15, -0.1) is 0 Å². The maximum absolute atomic E-state index is 11.8. The maximum atomic E-state index is 11.8. The van der Waals surface area contributed by atoms with Gasteiger partial charge in [0.1, 0.15) is 0 Å². The van der Waals surface area contributed by atoms with E-state index in [-0.39, 0.29) is 0 Å². The summed E-state index contributed by atoms with van der Waals surface area (Å²) in [5.41, 5.74) is 0. The standard InChI is InChI=1S/C40H72O4/c1-3-5-7-9-11-13-15-17-19-21-23-25-27-29-31-33-37-43-39(41)35-36-40(42)44-38-34-32-30-28-26-24-22-20-18-16-14-12-10-8-6-4-2/h33-38H,3-32H2,1-2H3/b36-35-,37-33+,38-34+. The zero-order valence-corrected chi connectivity index (χ0v) is 29.3. The molecule has 0 saturated heterocycles. The van der Waals surface area contributed by atoms with Crippen LogP contribution in [0.25, 0.3) is 0 Å². The molecule has 0 N–H and O–H groups in total. The lowest BCUT2D eigenvalue weighted by Gasteiger charge is -2.02. The minimum absolute atomic E-state index is 0.564. The van der Waals surface area contributed by atoms with Crippen LogP contribution in [0.2, 0.25) is 0 Å². The van der Waals surface area contributed by atoms with Gasteiger partial charge in [-0.05, 0) is 37.8 Å². The van der Waals surface area contributed by atoms with Gasteiger partial charge in [-0.2, -0.15) is 0 Å². The fraction of sp³-hybridized carbons (Fsp3) is 0.800. The monoisotopic (exact) mass is 617 g/mol. The SMILES string of the molecule is CCCCCCCCCCCCCCCC/C=C/OC(=O)/C=C\C(=O)O/C=C/CCCCCCCCCCCCCCCC. The van der Waals surface area contributed by atoms with Crippen molar-refractivity contribution in [2.45, 2.75) is 206 Å². The summed E-state index contributed by atoms with van der Waals surface area (Å²) >= 11 is 0. The first-order valence-electron chi connectivity index (χ1n) is 19.1. The van der Waals surface area contributed by atoms with Gasteiger partial charge in [0.15, 0.2) is 0 Å². The molecule has 0 heterocycles. The molecule has 4 nitrogen and oxygen atoms in total. The van der Waals surface area contributed by atoms with E-state index in [0.717, 1.165) is 37.8 Å². The first kappa shape index (κ1) is 42.2. The molecule has 0 unspecified atom stereocenters. The van der Waals surface area contributed by atoms with Crippen LogP contribution in [0.5, 0.6) is 0 Å². The second-order valence-corrected chi connectivity index (χ2v) is 12.7. The van der Waals surface area contributed by atoms with Crippen LogP contribution >= 0.6 is 0 Å². The van der Waals surface area contributed by atoms with Crippen LogP contribution in [0.15, 0.2) is 36.8 Å². The molecular formula is C40H72O4. The molecule has 0 aromatic carbocycles. The molecule has 0 atom stereocenters. The number of allylic oxidation sites excluding steroid dienone is 2. The molecule has 4 heteroatoms. The molecule has 0 amide bonds. The number of rotatable bonds is 34. The van der Waals surface area contributed by atoms with Crippen LogP contribution in [0.4, 0.5) is 0 Å². The van der Waals surface area contributed by atoms with Crippen molar-refractivity contribution in [1.82, 2.24) is 0 Å². The van der Waals surface area contributed by atoms with Crippen LogP contribution in [0, 0.1) is 0 Å². The molecule has 256 valence electrons. The van der Waals surface area contributed by atoms with E-state index in [1.807, 2.05) is 12.2 Å². The summed E-state index contributed by atoms with van der Waals surface area (Å²) in [5.74, 6) is -1.13. The summed E-state index contributed by atoms with van der Waals surface area (Å²) in [6.07, 6.45) is 48.4. The van der Waals surface area contributed by atoms with Crippen molar-refractivity contribution in [3.05, 3.63) is 36.8 Å². The van der Waals surface area contributed by atoms with Gasteiger partial charge in [0.25, 0.3) is 0 Å². The molecule has 0 aliphatic rings. The predicted octanol–water partition coefficient (Wildman–Crippen LogP) is 13.4. The molecule has 0 fully saturated rings. The van der Waals surface area contributed by atoms with E-state index in [1.165, 1.54) is 179 Å². The fourth-order valence-electron chi connectivity index (χ4n) is 5.49. The number of hydrogen-bond acceptors (Lipinski definition) is 4. The maximum Gasteiger partial charge on any atom is 0.335 e. The zero-order valence-electron chi connectivity index (χ0n) is 29.3. The predicted molar refractivity (Wildman–Crippen MR) is 189 cm³/mol. The Kier molecular flexibility index (Phi) is 35.8. The van der Waals surface area contributed by atoms with Crippen molar-refractivity contribution in [3.63, 3.8) is 0 Å². The Morgan fingerprint density at radius 2 is 0.591 bits per heavy atom. The highest BCUT2D eigenvalue weighted by molar-refractivity contribution is 5.92. The molecule has 44 heavy (non-hydrogen) atoms. The second kappa shape index (κ2) is 37.3. The third-order valence-corrected chi connectivity index (χ3v) is 8.37. The van der Waals surface area contributed by atoms with Gasteiger partial charge in [0, 0.05) is 12.2 Å². The third-order valence-electron chi connectivity index (χ3n) is 8.37. The van der Waals surface area contributed by atoms with Crippen molar-refractivity contribution in [1.29, 1.82) is 0 Å². The molecule has 0 rings (SSSR count). The Balaban J connectivity index is 3.46. The van der Waals surface area contributed by atoms with Crippen molar-refractivity contribution in [3.8, 4) is 0 Å². The number of esters is 2. The van der Waals surface area contributed by atoms with Crippen LogP contribution in [-0.2, 0) is 19.1 Å². The fourth-order valence-corrected chi connectivity index (χ4v) is 5.49. The van der Waals surface area contributed by atoms with Crippen LogP contribution < -0.4 is 0 Å². The van der Waals surface area contributed by atoms with Gasteiger partial charge in [-0.3, -0.25) is 0 Å². The quantitative estimate of drug-likeness (QED) is 0.0312. The number of ether oxygens (including phenoxy) is 2. The molecule has 0 aliphatic carbocycles. The Morgan fingerprint density at radius 1 is 0.364 bits per heavy atom. The van der Waals surface area contributed by atoms with Gasteiger partial charge in [-0.25, -0.2) is 9.59 Å². The van der Waals surface area contributed by atoms with Gasteiger partial charge in [0.2, 0.25) is 0 Å². The third kappa shape index (κ3) is 36.4. The topological polar surface area (TPSA) is 52.6 Å². The Labute approximate surface area is 273 Å². The van der Waals surface area contributed by atoms with E-state index in [1.54, 1.807) is 0 Å². The van der Waals surface area contributed by atoms with E-state index >= 15 is 0 Å². The summed E-state index contributed by atoms with van der Waals surface area (Å²) < 4.78 is 10.0. The van der Waals surface area contributed by atoms with Crippen LogP contribution in [0.1, 0.15) is 206 Å². The molecule has 0 radical (unpaired) electrons. The Hall–Kier alpha value is -1.84. The number of carbonyl (C=O) groups excluding carboxylic acids is 2. The minimum atomic E-state index is -0.564. The molecular weight excluding hydrogens is 544 g/mol.